The van der Waals surface area contributed by atoms with Crippen LogP contribution in [-0.2, 0) is 18.3 Å². The fourth-order valence-corrected chi connectivity index (χ4v) is 5.47. The average Bonchev–Trinajstić information content (AvgIpc) is 2.88. The molecule has 0 aromatic carbocycles. The van der Waals surface area contributed by atoms with Gasteiger partial charge in [-0.25, -0.2) is 4.57 Å². The monoisotopic (exact) mass is 604 g/mol. The molecule has 41 heavy (non-hydrogen) atoms. The number of allylic oxidation sites excluding steroid dienone is 6. The summed E-state index contributed by atoms with van der Waals surface area (Å²) in [5.41, 5.74) is 4.30. The summed E-state index contributed by atoms with van der Waals surface area (Å²) in [4.78, 5) is 9.99. The van der Waals surface area contributed by atoms with Crippen LogP contribution >= 0.6 is 7.82 Å². The van der Waals surface area contributed by atoms with Crippen LogP contribution in [0.3, 0.4) is 0 Å². The average molecular weight is 605 g/mol. The summed E-state index contributed by atoms with van der Waals surface area (Å²) in [6.07, 6.45) is 9.37. The molecular formula is C31H57O9P. The molecule has 5 N–H and O–H groups in total. The molecule has 0 spiro atoms. The molecule has 240 valence electrons. The quantitative estimate of drug-likeness (QED) is 0.0840. The zero-order valence-corrected chi connectivity index (χ0v) is 27.0. The highest BCUT2D eigenvalue weighted by Gasteiger charge is 2.46. The molecule has 0 amide bonds. The summed E-state index contributed by atoms with van der Waals surface area (Å²) in [6, 6.07) is 0. The zero-order valence-electron chi connectivity index (χ0n) is 26.1. The van der Waals surface area contributed by atoms with Gasteiger partial charge in [0.15, 0.2) is 6.29 Å². The van der Waals surface area contributed by atoms with Gasteiger partial charge in [-0.05, 0) is 90.4 Å². The van der Waals surface area contributed by atoms with Gasteiger partial charge in [0.2, 0.25) is 0 Å². The van der Waals surface area contributed by atoms with E-state index in [0.717, 1.165) is 44.4 Å². The number of phosphoric ester groups is 1. The molecule has 1 rings (SSSR count). The fraction of sp³-hybridized carbons (Fsp3) is 0.806. The number of aliphatic hydroxyl groups is 4. The van der Waals surface area contributed by atoms with Crippen molar-refractivity contribution in [2.24, 2.45) is 11.8 Å². The molecule has 9 nitrogen and oxygen atoms in total. The summed E-state index contributed by atoms with van der Waals surface area (Å²) in [7, 11) is -4.60. The third-order valence-electron chi connectivity index (χ3n) is 7.52. The molecule has 0 aromatic rings. The van der Waals surface area contributed by atoms with Crippen molar-refractivity contribution < 1.29 is 43.7 Å². The molecule has 0 radical (unpaired) electrons. The van der Waals surface area contributed by atoms with Gasteiger partial charge >= 0.3 is 7.82 Å². The minimum Gasteiger partial charge on any atom is -0.394 e. The first-order valence-corrected chi connectivity index (χ1v) is 16.7. The number of ether oxygens (including phenoxy) is 1. The Labute approximate surface area is 247 Å². The topological polar surface area (TPSA) is 146 Å². The van der Waals surface area contributed by atoms with Gasteiger partial charge in [0.05, 0.1) is 13.2 Å². The summed E-state index contributed by atoms with van der Waals surface area (Å²) in [6.45, 7) is 12.5. The Hall–Kier alpha value is -0.870. The number of hydrogen-bond acceptors (Lipinski definition) is 8. The van der Waals surface area contributed by atoms with E-state index in [-0.39, 0.29) is 12.5 Å². The predicted molar refractivity (Wildman–Crippen MR) is 162 cm³/mol. The second-order valence-electron chi connectivity index (χ2n) is 12.1. The smallest absolute Gasteiger partial charge is 0.394 e. The van der Waals surface area contributed by atoms with Gasteiger partial charge in [-0.3, -0.25) is 9.05 Å². The summed E-state index contributed by atoms with van der Waals surface area (Å²) in [5, 5.41) is 38.8. The maximum Gasteiger partial charge on any atom is 0.474 e. The van der Waals surface area contributed by atoms with E-state index in [1.165, 1.54) is 36.0 Å². The molecule has 2 unspecified atom stereocenters. The molecule has 1 heterocycles. The first-order chi connectivity index (χ1) is 19.3. The number of aliphatic hydroxyl groups excluding tert-OH is 4. The minimum absolute atomic E-state index is 0.0359. The summed E-state index contributed by atoms with van der Waals surface area (Å²) in [5.74, 6) is 1.02. The van der Waals surface area contributed by atoms with Crippen molar-refractivity contribution in [1.29, 1.82) is 0 Å². The second kappa shape index (κ2) is 20.2. The van der Waals surface area contributed by atoms with Crippen LogP contribution < -0.4 is 0 Å². The second-order valence-corrected chi connectivity index (χ2v) is 13.5. The molecule has 0 aliphatic carbocycles. The van der Waals surface area contributed by atoms with Crippen molar-refractivity contribution in [2.75, 3.05) is 13.2 Å². The van der Waals surface area contributed by atoms with Gasteiger partial charge in [-0.15, -0.1) is 0 Å². The fourth-order valence-electron chi connectivity index (χ4n) is 4.63. The molecule has 1 fully saturated rings. The van der Waals surface area contributed by atoms with Gasteiger partial charge in [-0.1, -0.05) is 62.1 Å². The molecule has 1 aliphatic heterocycles. The van der Waals surface area contributed by atoms with Crippen LogP contribution in [0.2, 0.25) is 0 Å². The van der Waals surface area contributed by atoms with E-state index < -0.39 is 45.1 Å². The van der Waals surface area contributed by atoms with Crippen LogP contribution in [0.25, 0.3) is 0 Å². The Morgan fingerprint density at radius 1 is 0.829 bits per heavy atom. The van der Waals surface area contributed by atoms with Crippen LogP contribution in [0.1, 0.15) is 106 Å². The summed E-state index contributed by atoms with van der Waals surface area (Å²) < 4.78 is 27.3. The van der Waals surface area contributed by atoms with E-state index in [9.17, 15) is 29.9 Å². The van der Waals surface area contributed by atoms with Crippen molar-refractivity contribution in [2.45, 2.75) is 136 Å². The third-order valence-corrected chi connectivity index (χ3v) is 8.50. The third kappa shape index (κ3) is 16.5. The first-order valence-electron chi connectivity index (χ1n) is 15.2. The standard InChI is InChI=1S/C31H57O9P/c1-22(2)11-7-12-23(3)13-8-14-24(4)15-9-16-25(5)17-10-18-26(6)19-20-38-41(36,37)40-31-30(35)29(34)28(33)27(21-32)39-31/h13,15,17,22,26-35H,7-12,14,16,18-21H2,1-6H3,(H,36,37)/b23-13+,24-15+,25-17-/t26?,27-,28-,29+,30-,31-/m1/s1. The maximum absolute atomic E-state index is 12.3. The van der Waals surface area contributed by atoms with Crippen LogP contribution in [0.15, 0.2) is 34.9 Å². The largest absolute Gasteiger partial charge is 0.474 e. The Morgan fingerprint density at radius 3 is 1.95 bits per heavy atom. The highest BCUT2D eigenvalue weighted by atomic mass is 31.2. The van der Waals surface area contributed by atoms with Gasteiger partial charge in [0.1, 0.15) is 24.4 Å². The SMILES string of the molecule is C/C(=C/CCC(C)CCOP(=O)(O)O[C@H]1O[C@H](CO)[C@@H](O)[C@H](O)[C@H]1O)CC/C=C(\C)CC/C=C(\C)CCCC(C)C. The van der Waals surface area contributed by atoms with Crippen molar-refractivity contribution >= 4 is 7.82 Å². The van der Waals surface area contributed by atoms with Crippen LogP contribution in [0.5, 0.6) is 0 Å². The van der Waals surface area contributed by atoms with Gasteiger partial charge < -0.3 is 30.1 Å². The number of rotatable bonds is 20. The highest BCUT2D eigenvalue weighted by molar-refractivity contribution is 7.47. The molecule has 10 heteroatoms. The summed E-state index contributed by atoms with van der Waals surface area (Å²) >= 11 is 0. The van der Waals surface area contributed by atoms with Gasteiger partial charge in [0.25, 0.3) is 0 Å². The van der Waals surface area contributed by atoms with E-state index in [2.05, 4.69) is 52.8 Å². The van der Waals surface area contributed by atoms with Crippen molar-refractivity contribution in [3.63, 3.8) is 0 Å². The molecule has 1 aliphatic rings. The van der Waals surface area contributed by atoms with Crippen LogP contribution in [-0.4, -0.2) is 69.2 Å². The molecule has 7 atom stereocenters. The number of hydrogen-bond donors (Lipinski definition) is 5. The van der Waals surface area contributed by atoms with Crippen molar-refractivity contribution in [3.8, 4) is 0 Å². The molecule has 0 bridgehead atoms. The van der Waals surface area contributed by atoms with Crippen LogP contribution in [0, 0.1) is 11.8 Å². The van der Waals surface area contributed by atoms with Gasteiger partial charge in [0, 0.05) is 0 Å². The minimum atomic E-state index is -4.60. The van der Waals surface area contributed by atoms with E-state index in [0.29, 0.717) is 6.42 Å². The Kier molecular flexibility index (Phi) is 18.8. The first kappa shape index (κ1) is 38.2. The lowest BCUT2D eigenvalue weighted by Crippen LogP contribution is -2.58. The highest BCUT2D eigenvalue weighted by Crippen LogP contribution is 2.46. The predicted octanol–water partition coefficient (Wildman–Crippen LogP) is 5.95. The molecule has 0 saturated carbocycles. The van der Waals surface area contributed by atoms with Gasteiger partial charge in [-0.2, -0.15) is 0 Å². The molecule has 0 aromatic heterocycles. The Morgan fingerprint density at radius 2 is 1.39 bits per heavy atom. The Balaban J connectivity index is 2.27. The van der Waals surface area contributed by atoms with E-state index in [4.69, 9.17) is 13.8 Å². The zero-order chi connectivity index (χ0) is 31.0. The van der Waals surface area contributed by atoms with E-state index in [1.807, 2.05) is 6.92 Å². The van der Waals surface area contributed by atoms with Crippen molar-refractivity contribution in [1.82, 2.24) is 0 Å². The lowest BCUT2D eigenvalue weighted by Gasteiger charge is -2.39. The van der Waals surface area contributed by atoms with Crippen molar-refractivity contribution in [3.05, 3.63) is 34.9 Å². The molecular weight excluding hydrogens is 547 g/mol. The Bertz CT molecular complexity index is 868. The van der Waals surface area contributed by atoms with Crippen LogP contribution in [0.4, 0.5) is 0 Å². The lowest BCUT2D eigenvalue weighted by atomic mass is 10.00. The maximum atomic E-state index is 12.3. The normalized spacial score (nSPS) is 26.8. The molecule has 1 saturated heterocycles. The van der Waals surface area contributed by atoms with E-state index in [1.54, 1.807) is 0 Å². The van der Waals surface area contributed by atoms with E-state index >= 15 is 0 Å². The number of phosphoric acid groups is 1. The lowest BCUT2D eigenvalue weighted by molar-refractivity contribution is -0.281.